The van der Waals surface area contributed by atoms with Crippen molar-refractivity contribution in [2.24, 2.45) is 5.10 Å². The summed E-state index contributed by atoms with van der Waals surface area (Å²) in [4.78, 5) is 23.6. The molecule has 0 aromatic heterocycles. The van der Waals surface area contributed by atoms with Gasteiger partial charge in [-0.2, -0.15) is 5.10 Å². The molecule has 1 aliphatic heterocycles. The molecule has 0 aromatic rings. The van der Waals surface area contributed by atoms with Crippen LogP contribution in [0, 0.1) is 0 Å². The van der Waals surface area contributed by atoms with Gasteiger partial charge in [0.25, 0.3) is 5.91 Å². The van der Waals surface area contributed by atoms with Crippen LogP contribution in [-0.2, 0) is 14.3 Å². The monoisotopic (exact) mass is 295 g/mol. The number of hydrogen-bond donors (Lipinski definition) is 2. The van der Waals surface area contributed by atoms with E-state index in [9.17, 15) is 9.59 Å². The molecule has 0 radical (unpaired) electrons. The Balaban J connectivity index is 1.69. The van der Waals surface area contributed by atoms with Crippen molar-refractivity contribution in [2.45, 2.75) is 70.4 Å². The predicted octanol–water partition coefficient (Wildman–Crippen LogP) is 1.50. The number of carbonyl (C=O) groups excluding carboxylic acids is 2. The zero-order chi connectivity index (χ0) is 15.1. The molecule has 6 nitrogen and oxygen atoms in total. The third kappa shape index (κ3) is 5.46. The summed E-state index contributed by atoms with van der Waals surface area (Å²) < 4.78 is 5.27. The van der Waals surface area contributed by atoms with E-state index in [2.05, 4.69) is 15.8 Å². The number of nitrogens with one attached hydrogen (secondary N) is 2. The summed E-state index contributed by atoms with van der Waals surface area (Å²) in [6.07, 6.45) is 7.26. The van der Waals surface area contributed by atoms with Gasteiger partial charge in [-0.3, -0.25) is 9.59 Å². The SMILES string of the molecule is C/C(CC(=O)NC1CCCCC1)=N/NC(=O)[C@H]1CCCO1. The van der Waals surface area contributed by atoms with E-state index in [1.165, 1.54) is 19.3 Å². The van der Waals surface area contributed by atoms with Crippen molar-refractivity contribution in [3.8, 4) is 0 Å². The molecule has 21 heavy (non-hydrogen) atoms. The van der Waals surface area contributed by atoms with Gasteiger partial charge in [-0.05, 0) is 32.6 Å². The highest BCUT2D eigenvalue weighted by molar-refractivity contribution is 6.00. The molecular weight excluding hydrogens is 270 g/mol. The third-order valence-corrected chi connectivity index (χ3v) is 3.97. The number of carbonyl (C=O) groups is 2. The molecule has 1 aliphatic carbocycles. The minimum atomic E-state index is -0.391. The minimum Gasteiger partial charge on any atom is -0.368 e. The van der Waals surface area contributed by atoms with E-state index in [1.54, 1.807) is 6.92 Å². The number of ether oxygens (including phenoxy) is 1. The number of rotatable bonds is 5. The Labute approximate surface area is 125 Å². The van der Waals surface area contributed by atoms with Gasteiger partial charge in [0.2, 0.25) is 5.91 Å². The van der Waals surface area contributed by atoms with Gasteiger partial charge in [-0.15, -0.1) is 0 Å². The topological polar surface area (TPSA) is 79.8 Å². The van der Waals surface area contributed by atoms with Crippen molar-refractivity contribution in [1.82, 2.24) is 10.7 Å². The Bertz CT molecular complexity index is 397. The quantitative estimate of drug-likeness (QED) is 0.596. The molecule has 2 N–H and O–H groups in total. The molecule has 0 aromatic carbocycles. The van der Waals surface area contributed by atoms with Gasteiger partial charge in [0.15, 0.2) is 0 Å². The first-order chi connectivity index (χ1) is 10.1. The second-order valence-electron chi connectivity index (χ2n) is 5.90. The van der Waals surface area contributed by atoms with Crippen molar-refractivity contribution in [1.29, 1.82) is 0 Å². The van der Waals surface area contributed by atoms with Crippen LogP contribution in [0.3, 0.4) is 0 Å². The molecular formula is C15H25N3O3. The Morgan fingerprint density at radius 3 is 2.57 bits per heavy atom. The summed E-state index contributed by atoms with van der Waals surface area (Å²) in [7, 11) is 0. The summed E-state index contributed by atoms with van der Waals surface area (Å²) in [5.41, 5.74) is 3.08. The van der Waals surface area contributed by atoms with Crippen LogP contribution in [0.25, 0.3) is 0 Å². The van der Waals surface area contributed by atoms with E-state index in [0.29, 0.717) is 18.4 Å². The molecule has 2 rings (SSSR count). The lowest BCUT2D eigenvalue weighted by Gasteiger charge is -2.22. The van der Waals surface area contributed by atoms with E-state index < -0.39 is 6.10 Å². The van der Waals surface area contributed by atoms with E-state index in [1.807, 2.05) is 0 Å². The van der Waals surface area contributed by atoms with Crippen LogP contribution in [-0.4, -0.2) is 36.3 Å². The van der Waals surface area contributed by atoms with Crippen molar-refractivity contribution in [3.05, 3.63) is 0 Å². The van der Waals surface area contributed by atoms with Crippen LogP contribution in [0.15, 0.2) is 5.10 Å². The van der Waals surface area contributed by atoms with Crippen molar-refractivity contribution in [2.75, 3.05) is 6.61 Å². The van der Waals surface area contributed by atoms with Crippen LogP contribution in [0.5, 0.6) is 0 Å². The molecule has 0 unspecified atom stereocenters. The molecule has 2 amide bonds. The standard InChI is InChI=1S/C15H25N3O3/c1-11(17-18-15(20)13-8-5-9-21-13)10-14(19)16-12-6-3-2-4-7-12/h12-13H,2-10H2,1H3,(H,16,19)(H,18,20)/b17-11-/t13-/m1/s1. The predicted molar refractivity (Wildman–Crippen MR) is 79.9 cm³/mol. The van der Waals surface area contributed by atoms with E-state index in [0.717, 1.165) is 25.7 Å². The molecule has 0 spiro atoms. The lowest BCUT2D eigenvalue weighted by atomic mass is 9.95. The van der Waals surface area contributed by atoms with E-state index in [-0.39, 0.29) is 18.2 Å². The first-order valence-corrected chi connectivity index (χ1v) is 7.89. The third-order valence-electron chi connectivity index (χ3n) is 3.97. The summed E-state index contributed by atoms with van der Waals surface area (Å²) in [5, 5.41) is 7.01. The highest BCUT2D eigenvalue weighted by Gasteiger charge is 2.23. The highest BCUT2D eigenvalue weighted by atomic mass is 16.5. The molecule has 1 atom stereocenters. The maximum absolute atomic E-state index is 11.9. The number of hydrazone groups is 1. The average Bonchev–Trinajstić information content (AvgIpc) is 3.00. The molecule has 1 saturated heterocycles. The van der Waals surface area contributed by atoms with Crippen LogP contribution in [0.2, 0.25) is 0 Å². The van der Waals surface area contributed by atoms with Crippen LogP contribution >= 0.6 is 0 Å². The summed E-state index contributed by atoms with van der Waals surface area (Å²) in [5.74, 6) is -0.242. The van der Waals surface area contributed by atoms with Gasteiger partial charge < -0.3 is 10.1 Å². The number of amides is 2. The van der Waals surface area contributed by atoms with Gasteiger partial charge in [0.05, 0.1) is 6.42 Å². The van der Waals surface area contributed by atoms with Crippen molar-refractivity contribution < 1.29 is 14.3 Å². The van der Waals surface area contributed by atoms with Crippen molar-refractivity contribution in [3.63, 3.8) is 0 Å². The zero-order valence-corrected chi connectivity index (χ0v) is 12.7. The first-order valence-electron chi connectivity index (χ1n) is 7.89. The van der Waals surface area contributed by atoms with Gasteiger partial charge in [-0.25, -0.2) is 5.43 Å². The fourth-order valence-corrected chi connectivity index (χ4v) is 2.80. The molecule has 1 saturated carbocycles. The summed E-state index contributed by atoms with van der Waals surface area (Å²) in [6.45, 7) is 2.38. The minimum absolute atomic E-state index is 0.0190. The molecule has 2 fully saturated rings. The molecule has 6 heteroatoms. The average molecular weight is 295 g/mol. The Morgan fingerprint density at radius 1 is 1.14 bits per heavy atom. The smallest absolute Gasteiger partial charge is 0.269 e. The molecule has 0 bridgehead atoms. The maximum atomic E-state index is 11.9. The lowest BCUT2D eigenvalue weighted by molar-refractivity contribution is -0.130. The van der Waals surface area contributed by atoms with Crippen LogP contribution in [0.4, 0.5) is 0 Å². The lowest BCUT2D eigenvalue weighted by Crippen LogP contribution is -2.37. The summed E-state index contributed by atoms with van der Waals surface area (Å²) >= 11 is 0. The van der Waals surface area contributed by atoms with Crippen LogP contribution in [0.1, 0.15) is 58.3 Å². The van der Waals surface area contributed by atoms with Crippen LogP contribution < -0.4 is 10.7 Å². The summed E-state index contributed by atoms with van der Waals surface area (Å²) in [6, 6.07) is 0.306. The maximum Gasteiger partial charge on any atom is 0.269 e. The largest absolute Gasteiger partial charge is 0.368 e. The first kappa shape index (κ1) is 15.9. The fraction of sp³-hybridized carbons (Fsp3) is 0.800. The molecule has 1 heterocycles. The number of hydrogen-bond acceptors (Lipinski definition) is 4. The molecule has 118 valence electrons. The van der Waals surface area contributed by atoms with Gasteiger partial charge in [-0.1, -0.05) is 19.3 Å². The highest BCUT2D eigenvalue weighted by Crippen LogP contribution is 2.17. The van der Waals surface area contributed by atoms with Crippen molar-refractivity contribution >= 4 is 17.5 Å². The zero-order valence-electron chi connectivity index (χ0n) is 12.7. The second kappa shape index (κ2) is 8.12. The second-order valence-corrected chi connectivity index (χ2v) is 5.90. The Kier molecular flexibility index (Phi) is 6.17. The normalized spacial score (nSPS) is 23.9. The Morgan fingerprint density at radius 2 is 1.90 bits per heavy atom. The van der Waals surface area contributed by atoms with Gasteiger partial charge in [0.1, 0.15) is 6.10 Å². The van der Waals surface area contributed by atoms with E-state index >= 15 is 0 Å². The Hall–Kier alpha value is -1.43. The van der Waals surface area contributed by atoms with Gasteiger partial charge >= 0.3 is 0 Å². The molecule has 2 aliphatic rings. The van der Waals surface area contributed by atoms with E-state index in [4.69, 9.17) is 4.74 Å². The fourth-order valence-electron chi connectivity index (χ4n) is 2.80. The van der Waals surface area contributed by atoms with Gasteiger partial charge in [0, 0.05) is 18.4 Å². The number of nitrogens with zero attached hydrogens (tertiary/aromatic N) is 1.